The van der Waals surface area contributed by atoms with Crippen LogP contribution in [0.2, 0.25) is 10.0 Å². The molecular formula is C17H15Cl2N7. The summed E-state index contributed by atoms with van der Waals surface area (Å²) in [7, 11) is 1.72. The highest BCUT2D eigenvalue weighted by molar-refractivity contribution is 6.43. The van der Waals surface area contributed by atoms with E-state index in [1.54, 1.807) is 31.5 Å². The molecule has 9 heteroatoms. The number of benzene rings is 2. The van der Waals surface area contributed by atoms with Crippen LogP contribution in [0, 0.1) is 0 Å². The lowest BCUT2D eigenvalue weighted by Crippen LogP contribution is -2.07. The summed E-state index contributed by atoms with van der Waals surface area (Å²) in [6, 6.07) is 14.9. The summed E-state index contributed by atoms with van der Waals surface area (Å²) in [6.07, 6.45) is 1.54. The number of hydrazone groups is 1. The quantitative estimate of drug-likeness (QED) is 0.428. The molecule has 0 aliphatic rings. The van der Waals surface area contributed by atoms with Crippen molar-refractivity contribution >= 4 is 52.9 Å². The van der Waals surface area contributed by atoms with E-state index in [2.05, 4.69) is 36.1 Å². The first-order valence-corrected chi connectivity index (χ1v) is 8.40. The zero-order valence-electron chi connectivity index (χ0n) is 13.7. The van der Waals surface area contributed by atoms with Crippen molar-refractivity contribution in [3.8, 4) is 0 Å². The summed E-state index contributed by atoms with van der Waals surface area (Å²) in [4.78, 5) is 12.8. The molecule has 0 fully saturated rings. The molecule has 1 heterocycles. The SMILES string of the molecule is CNc1nc(NN=Cc2cccc(Cl)c2Cl)nc(Nc2ccccc2)n1. The fourth-order valence-electron chi connectivity index (χ4n) is 2.02. The van der Waals surface area contributed by atoms with Gasteiger partial charge in [-0.1, -0.05) is 53.5 Å². The molecule has 2 aromatic carbocycles. The van der Waals surface area contributed by atoms with Crippen molar-refractivity contribution in [2.75, 3.05) is 23.1 Å². The van der Waals surface area contributed by atoms with Crippen LogP contribution in [0.15, 0.2) is 53.6 Å². The van der Waals surface area contributed by atoms with Crippen LogP contribution in [-0.2, 0) is 0 Å². The summed E-state index contributed by atoms with van der Waals surface area (Å²) in [5.74, 6) is 1.06. The van der Waals surface area contributed by atoms with Gasteiger partial charge < -0.3 is 10.6 Å². The predicted octanol–water partition coefficient (Wildman–Crippen LogP) is 4.41. The second-order valence-corrected chi connectivity index (χ2v) is 5.85. The Hall–Kier alpha value is -2.90. The summed E-state index contributed by atoms with van der Waals surface area (Å²) in [6.45, 7) is 0. The van der Waals surface area contributed by atoms with Crippen molar-refractivity contribution < 1.29 is 0 Å². The molecule has 0 unspecified atom stereocenters. The van der Waals surface area contributed by atoms with Crippen LogP contribution in [0.25, 0.3) is 0 Å². The molecule has 132 valence electrons. The van der Waals surface area contributed by atoms with E-state index in [9.17, 15) is 0 Å². The molecule has 7 nitrogen and oxygen atoms in total. The minimum Gasteiger partial charge on any atom is -0.357 e. The largest absolute Gasteiger partial charge is 0.357 e. The average molecular weight is 388 g/mol. The lowest BCUT2D eigenvalue weighted by molar-refractivity contribution is 1.04. The van der Waals surface area contributed by atoms with Crippen molar-refractivity contribution in [1.82, 2.24) is 15.0 Å². The number of hydrogen-bond donors (Lipinski definition) is 3. The van der Waals surface area contributed by atoms with Gasteiger partial charge in [0.15, 0.2) is 0 Å². The Balaban J connectivity index is 1.78. The third-order valence-electron chi connectivity index (χ3n) is 3.24. The lowest BCUT2D eigenvalue weighted by atomic mass is 10.2. The molecule has 0 spiro atoms. The smallest absolute Gasteiger partial charge is 0.250 e. The van der Waals surface area contributed by atoms with Gasteiger partial charge in [0, 0.05) is 18.3 Å². The number of aromatic nitrogens is 3. The van der Waals surface area contributed by atoms with E-state index in [-0.39, 0.29) is 5.95 Å². The zero-order chi connectivity index (χ0) is 18.4. The molecule has 0 saturated carbocycles. The fourth-order valence-corrected chi connectivity index (χ4v) is 2.38. The van der Waals surface area contributed by atoms with Gasteiger partial charge in [0.2, 0.25) is 17.8 Å². The van der Waals surface area contributed by atoms with Crippen LogP contribution in [0.1, 0.15) is 5.56 Å². The average Bonchev–Trinajstić information content (AvgIpc) is 2.66. The molecule has 0 atom stereocenters. The molecule has 0 amide bonds. The topological polar surface area (TPSA) is 87.1 Å². The summed E-state index contributed by atoms with van der Waals surface area (Å²) in [5.41, 5.74) is 4.31. The van der Waals surface area contributed by atoms with Crippen molar-refractivity contribution in [3.05, 3.63) is 64.1 Å². The molecule has 26 heavy (non-hydrogen) atoms. The summed E-state index contributed by atoms with van der Waals surface area (Å²) >= 11 is 12.1. The minimum atomic E-state index is 0.275. The molecule has 3 aromatic rings. The number of nitrogens with one attached hydrogen (secondary N) is 3. The monoisotopic (exact) mass is 387 g/mol. The molecule has 0 bridgehead atoms. The van der Waals surface area contributed by atoms with Crippen LogP contribution >= 0.6 is 23.2 Å². The molecule has 0 radical (unpaired) electrons. The van der Waals surface area contributed by atoms with E-state index in [1.165, 1.54) is 0 Å². The molecular weight excluding hydrogens is 373 g/mol. The van der Waals surface area contributed by atoms with Crippen molar-refractivity contribution in [2.24, 2.45) is 5.10 Å². The third kappa shape index (κ3) is 4.59. The number of para-hydroxylation sites is 1. The minimum absolute atomic E-state index is 0.275. The Morgan fingerprint density at radius 2 is 1.62 bits per heavy atom. The number of hydrogen-bond acceptors (Lipinski definition) is 7. The highest BCUT2D eigenvalue weighted by Gasteiger charge is 2.06. The van der Waals surface area contributed by atoms with Crippen LogP contribution in [0.5, 0.6) is 0 Å². The molecule has 0 aliphatic heterocycles. The van der Waals surface area contributed by atoms with Gasteiger partial charge in [-0.25, -0.2) is 5.43 Å². The maximum atomic E-state index is 6.13. The van der Waals surface area contributed by atoms with E-state index in [0.717, 1.165) is 5.69 Å². The Morgan fingerprint density at radius 1 is 0.885 bits per heavy atom. The fraction of sp³-hybridized carbons (Fsp3) is 0.0588. The highest BCUT2D eigenvalue weighted by atomic mass is 35.5. The van der Waals surface area contributed by atoms with E-state index < -0.39 is 0 Å². The Bertz CT molecular complexity index is 916. The van der Waals surface area contributed by atoms with Gasteiger partial charge in [-0.2, -0.15) is 20.1 Å². The van der Waals surface area contributed by atoms with E-state index >= 15 is 0 Å². The van der Waals surface area contributed by atoms with Crippen LogP contribution in [0.3, 0.4) is 0 Å². The van der Waals surface area contributed by atoms with Crippen molar-refractivity contribution in [3.63, 3.8) is 0 Å². The maximum absolute atomic E-state index is 6.13. The molecule has 0 saturated heterocycles. The Labute approximate surface area is 160 Å². The van der Waals surface area contributed by atoms with Gasteiger partial charge in [-0.05, 0) is 18.2 Å². The van der Waals surface area contributed by atoms with E-state index in [4.69, 9.17) is 23.2 Å². The van der Waals surface area contributed by atoms with Gasteiger partial charge in [0.25, 0.3) is 0 Å². The summed E-state index contributed by atoms with van der Waals surface area (Å²) < 4.78 is 0. The van der Waals surface area contributed by atoms with Crippen LogP contribution in [-0.4, -0.2) is 28.2 Å². The highest BCUT2D eigenvalue weighted by Crippen LogP contribution is 2.24. The first-order valence-electron chi connectivity index (χ1n) is 7.64. The first kappa shape index (κ1) is 17.9. The van der Waals surface area contributed by atoms with Crippen LogP contribution in [0.4, 0.5) is 23.5 Å². The standard InChI is InChI=1S/C17H15Cl2N7/c1-20-15-23-16(22-12-7-3-2-4-8-12)25-17(24-15)26-21-10-11-6-5-9-13(18)14(11)19/h2-10H,1H3,(H3,20,22,23,24,25,26). The number of anilines is 4. The van der Waals surface area contributed by atoms with E-state index in [0.29, 0.717) is 27.5 Å². The maximum Gasteiger partial charge on any atom is 0.250 e. The third-order valence-corrected chi connectivity index (χ3v) is 4.07. The van der Waals surface area contributed by atoms with Gasteiger partial charge in [-0.3, -0.25) is 0 Å². The normalized spacial score (nSPS) is 10.7. The zero-order valence-corrected chi connectivity index (χ0v) is 15.3. The molecule has 3 rings (SSSR count). The summed E-state index contributed by atoms with van der Waals surface area (Å²) in [5, 5.41) is 11.0. The van der Waals surface area contributed by atoms with Crippen molar-refractivity contribution in [2.45, 2.75) is 0 Å². The van der Waals surface area contributed by atoms with Crippen LogP contribution < -0.4 is 16.1 Å². The van der Waals surface area contributed by atoms with E-state index in [1.807, 2.05) is 30.3 Å². The number of nitrogens with zero attached hydrogens (tertiary/aromatic N) is 4. The predicted molar refractivity (Wildman–Crippen MR) is 107 cm³/mol. The second-order valence-electron chi connectivity index (χ2n) is 5.06. The Kier molecular flexibility index (Phi) is 5.83. The lowest BCUT2D eigenvalue weighted by Gasteiger charge is -2.08. The Morgan fingerprint density at radius 3 is 2.38 bits per heavy atom. The molecule has 3 N–H and O–H groups in total. The first-order chi connectivity index (χ1) is 12.7. The molecule has 1 aromatic heterocycles. The number of rotatable bonds is 6. The van der Waals surface area contributed by atoms with Gasteiger partial charge in [0.05, 0.1) is 16.3 Å². The number of halogens is 2. The molecule has 0 aliphatic carbocycles. The van der Waals surface area contributed by atoms with Gasteiger partial charge >= 0.3 is 0 Å². The second kappa shape index (κ2) is 8.46. The van der Waals surface area contributed by atoms with Gasteiger partial charge in [0.1, 0.15) is 0 Å². The van der Waals surface area contributed by atoms with Gasteiger partial charge in [-0.15, -0.1) is 0 Å². The van der Waals surface area contributed by atoms with Crippen molar-refractivity contribution in [1.29, 1.82) is 0 Å².